The molecule has 0 fully saturated rings. The number of alkyl halides is 6. The summed E-state index contributed by atoms with van der Waals surface area (Å²) in [6.07, 6.45) is -9.73. The maximum Gasteiger partial charge on any atom is 0.408 e. The fourth-order valence-electron chi connectivity index (χ4n) is 4.00. The molecule has 0 spiro atoms. The second kappa shape index (κ2) is 11.6. The van der Waals surface area contributed by atoms with Crippen LogP contribution in [0.25, 0.3) is 0 Å². The van der Waals surface area contributed by atoms with Crippen molar-refractivity contribution in [2.45, 2.75) is 49.4 Å². The van der Waals surface area contributed by atoms with Gasteiger partial charge in [0.2, 0.25) is 0 Å². The maximum atomic E-state index is 13.7. The number of benzene rings is 2. The molecule has 0 radical (unpaired) electrons. The van der Waals surface area contributed by atoms with Crippen molar-refractivity contribution in [1.29, 1.82) is 0 Å². The van der Waals surface area contributed by atoms with Crippen LogP contribution in [-0.2, 0) is 0 Å². The van der Waals surface area contributed by atoms with E-state index in [1.807, 2.05) is 0 Å². The number of aliphatic imine (C=N–C) groups is 2. The summed E-state index contributed by atoms with van der Waals surface area (Å²) in [6, 6.07) is 7.76. The van der Waals surface area contributed by atoms with Crippen molar-refractivity contribution < 1.29 is 35.8 Å². The van der Waals surface area contributed by atoms with Crippen molar-refractivity contribution in [2.75, 3.05) is 14.2 Å². The Kier molecular flexibility index (Phi) is 8.60. The van der Waals surface area contributed by atoms with Gasteiger partial charge in [-0.2, -0.15) is 26.3 Å². The van der Waals surface area contributed by atoms with Gasteiger partial charge in [-0.25, -0.2) is 0 Å². The lowest BCUT2D eigenvalue weighted by atomic mass is 9.98. The van der Waals surface area contributed by atoms with Gasteiger partial charge in [0.05, 0.1) is 26.3 Å². The predicted molar refractivity (Wildman–Crippen MR) is 137 cm³/mol. The maximum absolute atomic E-state index is 13.7. The molecule has 6 nitrogen and oxygen atoms in total. The Labute approximate surface area is 223 Å². The van der Waals surface area contributed by atoms with E-state index in [-0.39, 0.29) is 23.2 Å². The van der Waals surface area contributed by atoms with Gasteiger partial charge in [-0.3, -0.25) is 9.98 Å². The van der Waals surface area contributed by atoms with E-state index in [0.29, 0.717) is 22.6 Å². The molecule has 2 aromatic rings. The first-order chi connectivity index (χ1) is 18.0. The van der Waals surface area contributed by atoms with Gasteiger partial charge in [0, 0.05) is 12.8 Å². The van der Waals surface area contributed by atoms with E-state index < -0.39 is 36.5 Å². The molecule has 14 heteroatoms. The largest absolute Gasteiger partial charge is 0.497 e. The normalized spacial score (nSPS) is 24.0. The minimum Gasteiger partial charge on any atom is -0.497 e. The van der Waals surface area contributed by atoms with Gasteiger partial charge in [-0.15, -0.1) is 0 Å². The molecular formula is C24H24F6N4O2S2. The molecule has 0 amide bonds. The van der Waals surface area contributed by atoms with Crippen molar-refractivity contribution in [2.24, 2.45) is 9.98 Å². The number of halogens is 6. The van der Waals surface area contributed by atoms with E-state index in [0.717, 1.165) is 21.6 Å². The molecule has 38 heavy (non-hydrogen) atoms. The van der Waals surface area contributed by atoms with Gasteiger partial charge < -0.3 is 20.1 Å². The van der Waals surface area contributed by atoms with Crippen molar-refractivity contribution in [3.8, 4) is 11.5 Å². The molecular weight excluding hydrogens is 554 g/mol. The third-order valence-electron chi connectivity index (χ3n) is 6.05. The summed E-state index contributed by atoms with van der Waals surface area (Å²) in [6.45, 7) is 0. The number of nitrogens with one attached hydrogen (secondary N) is 2. The minimum absolute atomic E-state index is 0.0518. The van der Waals surface area contributed by atoms with Crippen molar-refractivity contribution in [3.63, 3.8) is 0 Å². The van der Waals surface area contributed by atoms with Crippen LogP contribution in [0.3, 0.4) is 0 Å². The molecule has 0 bridgehead atoms. The molecule has 206 valence electrons. The summed E-state index contributed by atoms with van der Waals surface area (Å²) in [5.74, 6) is 1.10. The molecule has 2 aromatic carbocycles. The molecule has 2 heterocycles. The molecule has 4 rings (SSSR count). The van der Waals surface area contributed by atoms with Crippen LogP contribution in [-0.4, -0.2) is 49.0 Å². The number of hydrogen-bond acceptors (Lipinski definition) is 8. The lowest BCUT2D eigenvalue weighted by Gasteiger charge is -2.32. The topological polar surface area (TPSA) is 67.2 Å². The number of nitrogens with zero attached hydrogens (tertiary/aromatic N) is 2. The number of methoxy groups -OCH3 is 2. The standard InChI is InChI=1S/C24H24F6N4O2S2/c1-35-15-7-3-13(4-8-15)17-11-19(23(25,26)27)33-21(31-17)37-38-22-32-18(12-20(34-22)24(28,29)30)14-5-9-16(36-2)10-6-14/h3-10,17-20H,11-12H2,1-2H3,(H,31,33)(H,32,34). The monoisotopic (exact) mass is 578 g/mol. The van der Waals surface area contributed by atoms with Crippen molar-refractivity contribution in [1.82, 2.24) is 10.6 Å². The summed E-state index contributed by atoms with van der Waals surface area (Å²) in [7, 11) is 4.55. The lowest BCUT2D eigenvalue weighted by molar-refractivity contribution is -0.156. The zero-order chi connectivity index (χ0) is 27.5. The fourth-order valence-corrected chi connectivity index (χ4v) is 5.90. The first kappa shape index (κ1) is 28.3. The summed E-state index contributed by atoms with van der Waals surface area (Å²) >= 11 is 0. The highest BCUT2D eigenvalue weighted by atomic mass is 33.1. The summed E-state index contributed by atoms with van der Waals surface area (Å²) < 4.78 is 92.2. The average Bonchev–Trinajstić information content (AvgIpc) is 2.90. The Hall–Kier alpha value is -2.74. The van der Waals surface area contributed by atoms with Crippen LogP contribution in [0.1, 0.15) is 36.1 Å². The van der Waals surface area contributed by atoms with E-state index in [1.54, 1.807) is 48.5 Å². The van der Waals surface area contributed by atoms with Crippen LogP contribution in [0.2, 0.25) is 0 Å². The molecule has 0 saturated heterocycles. The Morgan fingerprint density at radius 2 is 1.00 bits per heavy atom. The van der Waals surface area contributed by atoms with Crippen LogP contribution >= 0.6 is 21.6 Å². The third-order valence-corrected chi connectivity index (χ3v) is 8.09. The lowest BCUT2D eigenvalue weighted by Crippen LogP contribution is -2.49. The van der Waals surface area contributed by atoms with Crippen LogP contribution in [0.4, 0.5) is 26.3 Å². The van der Waals surface area contributed by atoms with E-state index in [4.69, 9.17) is 9.47 Å². The second-order valence-corrected chi connectivity index (χ2v) is 10.7. The van der Waals surface area contributed by atoms with Gasteiger partial charge in [-0.1, -0.05) is 24.3 Å². The second-order valence-electron chi connectivity index (χ2n) is 8.56. The molecule has 0 aromatic heterocycles. The first-order valence-electron chi connectivity index (χ1n) is 11.4. The molecule has 4 atom stereocenters. The number of rotatable bonds is 4. The van der Waals surface area contributed by atoms with Crippen LogP contribution < -0.4 is 20.1 Å². The Morgan fingerprint density at radius 3 is 1.29 bits per heavy atom. The zero-order valence-corrected chi connectivity index (χ0v) is 21.8. The molecule has 2 N–H and O–H groups in total. The van der Waals surface area contributed by atoms with E-state index in [2.05, 4.69) is 20.6 Å². The van der Waals surface area contributed by atoms with Crippen molar-refractivity contribution >= 4 is 31.9 Å². The van der Waals surface area contributed by atoms with Crippen LogP contribution in [0, 0.1) is 0 Å². The van der Waals surface area contributed by atoms with Gasteiger partial charge in [-0.05, 0) is 57.0 Å². The highest BCUT2D eigenvalue weighted by Gasteiger charge is 2.45. The third kappa shape index (κ3) is 7.01. The first-order valence-corrected chi connectivity index (χ1v) is 13.6. The quantitative estimate of drug-likeness (QED) is 0.322. The molecule has 2 aliphatic rings. The predicted octanol–water partition coefficient (Wildman–Crippen LogP) is 6.43. The molecule has 4 unspecified atom stereocenters. The highest BCUT2D eigenvalue weighted by molar-refractivity contribution is 8.87. The summed E-state index contributed by atoms with van der Waals surface area (Å²) in [4.78, 5) is 8.82. The molecule has 0 aliphatic carbocycles. The highest BCUT2D eigenvalue weighted by Crippen LogP contribution is 2.40. The average molecular weight is 579 g/mol. The van der Waals surface area contributed by atoms with Gasteiger partial charge in [0.25, 0.3) is 0 Å². The Morgan fingerprint density at radius 1 is 0.658 bits per heavy atom. The SMILES string of the molecule is COc1ccc(C2CC(C(F)(F)F)NC(SSC3=NC(c4ccc(OC)cc4)CC(C(F)(F)F)N3)=N2)cc1. The Bertz CT molecular complexity index is 1060. The smallest absolute Gasteiger partial charge is 0.408 e. The molecule has 2 aliphatic heterocycles. The molecule has 0 saturated carbocycles. The van der Waals surface area contributed by atoms with E-state index in [9.17, 15) is 26.3 Å². The van der Waals surface area contributed by atoms with Crippen LogP contribution in [0.15, 0.2) is 58.5 Å². The summed E-state index contributed by atoms with van der Waals surface area (Å²) in [5.41, 5.74) is 1.13. The summed E-state index contributed by atoms with van der Waals surface area (Å²) in [5, 5.41) is 4.65. The fraction of sp³-hybridized carbons (Fsp3) is 0.417. The zero-order valence-electron chi connectivity index (χ0n) is 20.1. The van der Waals surface area contributed by atoms with Gasteiger partial charge in [0.15, 0.2) is 10.3 Å². The number of ether oxygens (including phenoxy) is 2. The Balaban J connectivity index is 1.55. The number of hydrogen-bond donors (Lipinski definition) is 2. The minimum atomic E-state index is -4.54. The van der Waals surface area contributed by atoms with E-state index in [1.165, 1.54) is 14.2 Å². The van der Waals surface area contributed by atoms with Crippen LogP contribution in [0.5, 0.6) is 11.5 Å². The number of amidine groups is 2. The van der Waals surface area contributed by atoms with Gasteiger partial charge in [0.1, 0.15) is 23.6 Å². The van der Waals surface area contributed by atoms with Crippen molar-refractivity contribution in [3.05, 3.63) is 59.7 Å². The van der Waals surface area contributed by atoms with Gasteiger partial charge >= 0.3 is 12.4 Å². The van der Waals surface area contributed by atoms with E-state index >= 15 is 0 Å².